The Morgan fingerprint density at radius 2 is 1.90 bits per heavy atom. The molecule has 0 unspecified atom stereocenters. The van der Waals surface area contributed by atoms with Gasteiger partial charge >= 0.3 is 0 Å². The molecule has 110 valence electrons. The molecule has 0 saturated heterocycles. The predicted octanol–water partition coefficient (Wildman–Crippen LogP) is 2.96. The lowest BCUT2D eigenvalue weighted by molar-refractivity contribution is 0.735. The monoisotopic (exact) mass is 281 g/mol. The zero-order valence-corrected chi connectivity index (χ0v) is 12.6. The standard InChI is InChI=1S/C18H23N3/c1-19-18(21-13-14-9-10-14)20-12-11-16-7-4-6-15-5-2-3-8-17(15)16/h2-8,14H,9-13H2,1H3,(H2,19,20,21). The van der Waals surface area contributed by atoms with E-state index >= 15 is 0 Å². The largest absolute Gasteiger partial charge is 0.356 e. The van der Waals surface area contributed by atoms with Crippen molar-refractivity contribution in [2.24, 2.45) is 10.9 Å². The van der Waals surface area contributed by atoms with Crippen molar-refractivity contribution in [3.63, 3.8) is 0 Å². The molecule has 0 spiro atoms. The lowest BCUT2D eigenvalue weighted by atomic mass is 10.0. The Morgan fingerprint density at radius 1 is 1.10 bits per heavy atom. The average molecular weight is 281 g/mol. The predicted molar refractivity (Wildman–Crippen MR) is 89.7 cm³/mol. The van der Waals surface area contributed by atoms with Crippen LogP contribution in [0.5, 0.6) is 0 Å². The Labute approximate surface area is 126 Å². The third-order valence-electron chi connectivity index (χ3n) is 4.05. The van der Waals surface area contributed by atoms with Gasteiger partial charge in [0.1, 0.15) is 0 Å². The Kier molecular flexibility index (Phi) is 4.39. The highest BCUT2D eigenvalue weighted by molar-refractivity contribution is 5.85. The maximum absolute atomic E-state index is 4.28. The number of rotatable bonds is 5. The van der Waals surface area contributed by atoms with E-state index in [2.05, 4.69) is 58.1 Å². The maximum atomic E-state index is 4.28. The van der Waals surface area contributed by atoms with Crippen LogP contribution >= 0.6 is 0 Å². The van der Waals surface area contributed by atoms with E-state index in [1.165, 1.54) is 29.2 Å². The third-order valence-corrected chi connectivity index (χ3v) is 4.05. The molecule has 1 saturated carbocycles. The van der Waals surface area contributed by atoms with E-state index in [1.54, 1.807) is 0 Å². The summed E-state index contributed by atoms with van der Waals surface area (Å²) in [6.07, 6.45) is 3.73. The van der Waals surface area contributed by atoms with E-state index < -0.39 is 0 Å². The summed E-state index contributed by atoms with van der Waals surface area (Å²) >= 11 is 0. The third kappa shape index (κ3) is 3.75. The van der Waals surface area contributed by atoms with Crippen molar-refractivity contribution in [3.8, 4) is 0 Å². The molecule has 21 heavy (non-hydrogen) atoms. The summed E-state index contributed by atoms with van der Waals surface area (Å²) in [4.78, 5) is 4.28. The van der Waals surface area contributed by atoms with Crippen LogP contribution in [0.2, 0.25) is 0 Å². The number of nitrogens with zero attached hydrogens (tertiary/aromatic N) is 1. The van der Waals surface area contributed by atoms with Crippen molar-refractivity contribution in [2.45, 2.75) is 19.3 Å². The summed E-state index contributed by atoms with van der Waals surface area (Å²) in [6, 6.07) is 15.1. The van der Waals surface area contributed by atoms with E-state index in [-0.39, 0.29) is 0 Å². The number of aliphatic imine (C=N–C) groups is 1. The van der Waals surface area contributed by atoms with Gasteiger partial charge in [-0.3, -0.25) is 4.99 Å². The van der Waals surface area contributed by atoms with Crippen molar-refractivity contribution in [1.82, 2.24) is 10.6 Å². The number of fused-ring (bicyclic) bond motifs is 1. The molecule has 2 aromatic carbocycles. The first-order valence-corrected chi connectivity index (χ1v) is 7.78. The molecule has 0 radical (unpaired) electrons. The van der Waals surface area contributed by atoms with Crippen LogP contribution in [-0.4, -0.2) is 26.1 Å². The Hall–Kier alpha value is -2.03. The molecule has 0 aromatic heterocycles. The van der Waals surface area contributed by atoms with Crippen LogP contribution in [0.1, 0.15) is 18.4 Å². The number of hydrogen-bond donors (Lipinski definition) is 2. The Balaban J connectivity index is 1.55. The molecular weight excluding hydrogens is 258 g/mol. The Bertz CT molecular complexity index is 624. The summed E-state index contributed by atoms with van der Waals surface area (Å²) in [5.41, 5.74) is 1.39. The van der Waals surface area contributed by atoms with E-state index in [0.29, 0.717) is 0 Å². The van der Waals surface area contributed by atoms with Gasteiger partial charge in [0.05, 0.1) is 0 Å². The summed E-state index contributed by atoms with van der Waals surface area (Å²) in [6.45, 7) is 1.95. The molecular formula is C18H23N3. The van der Waals surface area contributed by atoms with Gasteiger partial charge in [0, 0.05) is 20.1 Å². The average Bonchev–Trinajstić information content (AvgIpc) is 3.35. The normalized spacial score (nSPS) is 15.2. The fraction of sp³-hybridized carbons (Fsp3) is 0.389. The highest BCUT2D eigenvalue weighted by Crippen LogP contribution is 2.27. The zero-order chi connectivity index (χ0) is 14.5. The first-order chi connectivity index (χ1) is 10.4. The van der Waals surface area contributed by atoms with Crippen molar-refractivity contribution >= 4 is 16.7 Å². The summed E-state index contributed by atoms with van der Waals surface area (Å²) in [7, 11) is 1.83. The van der Waals surface area contributed by atoms with Gasteiger partial charge in [-0.2, -0.15) is 0 Å². The molecule has 0 bridgehead atoms. The lowest BCUT2D eigenvalue weighted by Crippen LogP contribution is -2.39. The smallest absolute Gasteiger partial charge is 0.190 e. The van der Waals surface area contributed by atoms with Gasteiger partial charge in [0.2, 0.25) is 0 Å². The van der Waals surface area contributed by atoms with E-state index in [9.17, 15) is 0 Å². The van der Waals surface area contributed by atoms with Crippen molar-refractivity contribution in [2.75, 3.05) is 20.1 Å². The number of hydrogen-bond acceptors (Lipinski definition) is 1. The van der Waals surface area contributed by atoms with Gasteiger partial charge in [-0.1, -0.05) is 42.5 Å². The summed E-state index contributed by atoms with van der Waals surface area (Å²) in [5.74, 6) is 1.78. The lowest BCUT2D eigenvalue weighted by Gasteiger charge is -2.12. The van der Waals surface area contributed by atoms with Crippen molar-refractivity contribution < 1.29 is 0 Å². The van der Waals surface area contributed by atoms with Crippen LogP contribution in [0, 0.1) is 5.92 Å². The minimum Gasteiger partial charge on any atom is -0.356 e. The quantitative estimate of drug-likeness (QED) is 0.653. The van der Waals surface area contributed by atoms with Gasteiger partial charge in [0.25, 0.3) is 0 Å². The molecule has 2 aromatic rings. The van der Waals surface area contributed by atoms with Gasteiger partial charge in [-0.05, 0) is 41.5 Å². The van der Waals surface area contributed by atoms with Crippen molar-refractivity contribution in [1.29, 1.82) is 0 Å². The van der Waals surface area contributed by atoms with Gasteiger partial charge in [-0.25, -0.2) is 0 Å². The van der Waals surface area contributed by atoms with Crippen molar-refractivity contribution in [3.05, 3.63) is 48.0 Å². The maximum Gasteiger partial charge on any atom is 0.190 e. The molecule has 3 nitrogen and oxygen atoms in total. The van der Waals surface area contributed by atoms with E-state index in [4.69, 9.17) is 0 Å². The summed E-state index contributed by atoms with van der Waals surface area (Å²) < 4.78 is 0. The van der Waals surface area contributed by atoms with Gasteiger partial charge in [0.15, 0.2) is 5.96 Å². The highest BCUT2D eigenvalue weighted by Gasteiger charge is 2.20. The topological polar surface area (TPSA) is 36.4 Å². The first kappa shape index (κ1) is 13.9. The first-order valence-electron chi connectivity index (χ1n) is 7.78. The molecule has 3 heteroatoms. The molecule has 1 aliphatic rings. The number of nitrogens with one attached hydrogen (secondary N) is 2. The van der Waals surface area contributed by atoms with Crippen LogP contribution in [0.3, 0.4) is 0 Å². The molecule has 2 N–H and O–H groups in total. The zero-order valence-electron chi connectivity index (χ0n) is 12.6. The fourth-order valence-corrected chi connectivity index (χ4v) is 2.61. The Morgan fingerprint density at radius 3 is 2.71 bits per heavy atom. The van der Waals surface area contributed by atoms with Crippen LogP contribution in [0.4, 0.5) is 0 Å². The second-order valence-electron chi connectivity index (χ2n) is 5.71. The highest BCUT2D eigenvalue weighted by atomic mass is 15.2. The van der Waals surface area contributed by atoms with Crippen LogP contribution in [0.15, 0.2) is 47.5 Å². The number of benzene rings is 2. The molecule has 0 amide bonds. The minimum absolute atomic E-state index is 0.863. The second kappa shape index (κ2) is 6.61. The summed E-state index contributed by atoms with van der Waals surface area (Å²) in [5, 5.41) is 9.46. The van der Waals surface area contributed by atoms with Crippen LogP contribution in [-0.2, 0) is 6.42 Å². The molecule has 1 fully saturated rings. The number of guanidine groups is 1. The van der Waals surface area contributed by atoms with Gasteiger partial charge in [-0.15, -0.1) is 0 Å². The van der Waals surface area contributed by atoms with Gasteiger partial charge < -0.3 is 10.6 Å². The van der Waals surface area contributed by atoms with Crippen LogP contribution < -0.4 is 10.6 Å². The molecule has 0 heterocycles. The SMILES string of the molecule is CN=C(NCCc1cccc2ccccc12)NCC1CC1. The van der Waals surface area contributed by atoms with E-state index in [0.717, 1.165) is 31.4 Å². The van der Waals surface area contributed by atoms with E-state index in [1.807, 2.05) is 7.05 Å². The molecule has 0 aliphatic heterocycles. The second-order valence-corrected chi connectivity index (χ2v) is 5.71. The molecule has 0 atom stereocenters. The van der Waals surface area contributed by atoms with Crippen LogP contribution in [0.25, 0.3) is 10.8 Å². The fourth-order valence-electron chi connectivity index (χ4n) is 2.61. The molecule has 1 aliphatic carbocycles. The minimum atomic E-state index is 0.863. The molecule has 3 rings (SSSR count).